The van der Waals surface area contributed by atoms with Gasteiger partial charge in [0.2, 0.25) is 0 Å². The summed E-state index contributed by atoms with van der Waals surface area (Å²) < 4.78 is 6.30. The molecule has 2 atom stereocenters. The quantitative estimate of drug-likeness (QED) is 0.601. The van der Waals surface area contributed by atoms with E-state index in [-0.39, 0.29) is 17.2 Å². The SMILES string of the molecule is CC(C)CNC[C@@H](NC(=O)O)[C@H](C)O[Si](C)(C)C(C)(C)C. The van der Waals surface area contributed by atoms with Gasteiger partial charge in [-0.15, -0.1) is 0 Å². The smallest absolute Gasteiger partial charge is 0.405 e. The lowest BCUT2D eigenvalue weighted by molar-refractivity contribution is 0.137. The molecule has 0 heterocycles. The third kappa shape index (κ3) is 7.83. The topological polar surface area (TPSA) is 70.6 Å². The highest BCUT2D eigenvalue weighted by atomic mass is 28.4. The molecule has 0 spiro atoms. The second-order valence-corrected chi connectivity index (χ2v) is 12.4. The minimum atomic E-state index is -1.90. The molecule has 0 rings (SSSR count). The van der Waals surface area contributed by atoms with Crippen LogP contribution in [0.5, 0.6) is 0 Å². The largest absolute Gasteiger partial charge is 0.465 e. The lowest BCUT2D eigenvalue weighted by Gasteiger charge is -2.40. The Morgan fingerprint density at radius 2 is 1.71 bits per heavy atom. The van der Waals surface area contributed by atoms with Crippen LogP contribution in [0.3, 0.4) is 0 Å². The third-order valence-electron chi connectivity index (χ3n) is 4.08. The Morgan fingerprint density at radius 3 is 2.10 bits per heavy atom. The number of carbonyl (C=O) groups is 1. The van der Waals surface area contributed by atoms with Crippen molar-refractivity contribution < 1.29 is 14.3 Å². The van der Waals surface area contributed by atoms with Crippen LogP contribution < -0.4 is 10.6 Å². The minimum Gasteiger partial charge on any atom is -0.465 e. The van der Waals surface area contributed by atoms with Crippen molar-refractivity contribution in [3.63, 3.8) is 0 Å². The van der Waals surface area contributed by atoms with Crippen molar-refractivity contribution >= 4 is 14.4 Å². The molecule has 0 aliphatic heterocycles. The Bertz CT molecular complexity index is 327. The Kier molecular flexibility index (Phi) is 7.92. The molecule has 0 aliphatic carbocycles. The highest BCUT2D eigenvalue weighted by molar-refractivity contribution is 6.74. The number of hydrogen-bond acceptors (Lipinski definition) is 3. The maximum Gasteiger partial charge on any atom is 0.405 e. The van der Waals surface area contributed by atoms with Crippen molar-refractivity contribution in [3.05, 3.63) is 0 Å². The van der Waals surface area contributed by atoms with Crippen LogP contribution in [0.25, 0.3) is 0 Å². The molecule has 5 nitrogen and oxygen atoms in total. The molecule has 0 aromatic carbocycles. The predicted octanol–water partition coefficient (Wildman–Crippen LogP) is 3.28. The van der Waals surface area contributed by atoms with E-state index in [1.165, 1.54) is 0 Å². The molecule has 3 N–H and O–H groups in total. The van der Waals surface area contributed by atoms with Gasteiger partial charge in [-0.3, -0.25) is 0 Å². The highest BCUT2D eigenvalue weighted by Gasteiger charge is 2.39. The van der Waals surface area contributed by atoms with Crippen LogP contribution in [0, 0.1) is 5.92 Å². The van der Waals surface area contributed by atoms with E-state index in [0.29, 0.717) is 12.5 Å². The van der Waals surface area contributed by atoms with Crippen molar-refractivity contribution in [1.82, 2.24) is 10.6 Å². The average molecular weight is 319 g/mol. The van der Waals surface area contributed by atoms with E-state index in [1.54, 1.807) is 0 Å². The van der Waals surface area contributed by atoms with E-state index < -0.39 is 14.4 Å². The summed E-state index contributed by atoms with van der Waals surface area (Å²) >= 11 is 0. The van der Waals surface area contributed by atoms with Crippen molar-refractivity contribution in [1.29, 1.82) is 0 Å². The van der Waals surface area contributed by atoms with Gasteiger partial charge < -0.3 is 20.2 Å². The van der Waals surface area contributed by atoms with Crippen LogP contribution >= 0.6 is 0 Å². The molecular formula is C15H34N2O3Si. The van der Waals surface area contributed by atoms with Gasteiger partial charge in [0, 0.05) is 6.54 Å². The van der Waals surface area contributed by atoms with Crippen LogP contribution in [0.4, 0.5) is 4.79 Å². The standard InChI is InChI=1S/C15H34N2O3Si/c1-11(2)9-16-10-13(17-14(18)19)12(3)20-21(7,8)15(4,5)6/h11-13,16-17H,9-10H2,1-8H3,(H,18,19)/t12-,13+/m0/s1. The fraction of sp³-hybridized carbons (Fsp3) is 0.933. The fourth-order valence-corrected chi connectivity index (χ4v) is 3.19. The molecule has 0 aromatic rings. The first-order valence-corrected chi connectivity index (χ1v) is 10.7. The summed E-state index contributed by atoms with van der Waals surface area (Å²) in [4.78, 5) is 11.0. The first kappa shape index (κ1) is 20.4. The highest BCUT2D eigenvalue weighted by Crippen LogP contribution is 2.37. The van der Waals surface area contributed by atoms with Crippen LogP contribution in [0.1, 0.15) is 41.5 Å². The third-order valence-corrected chi connectivity index (χ3v) is 8.65. The maximum absolute atomic E-state index is 11.0. The van der Waals surface area contributed by atoms with Crippen molar-refractivity contribution in [3.8, 4) is 0 Å². The summed E-state index contributed by atoms with van der Waals surface area (Å²) in [5.74, 6) is 0.534. The number of carboxylic acid groups (broad SMARTS) is 1. The van der Waals surface area contributed by atoms with E-state index in [9.17, 15) is 4.79 Å². The number of rotatable bonds is 8. The fourth-order valence-electron chi connectivity index (χ4n) is 1.74. The van der Waals surface area contributed by atoms with Gasteiger partial charge in [0.15, 0.2) is 8.32 Å². The lowest BCUT2D eigenvalue weighted by atomic mass is 10.1. The maximum atomic E-state index is 11.0. The summed E-state index contributed by atoms with van der Waals surface area (Å²) in [6.07, 6.45) is -1.15. The van der Waals surface area contributed by atoms with Crippen LogP contribution in [0.15, 0.2) is 0 Å². The Hall–Kier alpha value is -0.593. The number of hydrogen-bond donors (Lipinski definition) is 3. The molecule has 6 heteroatoms. The van der Waals surface area contributed by atoms with Gasteiger partial charge in [-0.2, -0.15) is 0 Å². The number of amides is 1. The lowest BCUT2D eigenvalue weighted by Crippen LogP contribution is -2.54. The van der Waals surface area contributed by atoms with Gasteiger partial charge in [-0.05, 0) is 37.5 Å². The Balaban J connectivity index is 4.71. The summed E-state index contributed by atoms with van der Waals surface area (Å²) in [7, 11) is -1.90. The molecule has 0 saturated heterocycles. The van der Waals surface area contributed by atoms with E-state index in [2.05, 4.69) is 58.3 Å². The monoisotopic (exact) mass is 318 g/mol. The van der Waals surface area contributed by atoms with Crippen LogP contribution in [0.2, 0.25) is 18.1 Å². The van der Waals surface area contributed by atoms with E-state index >= 15 is 0 Å². The molecular weight excluding hydrogens is 284 g/mol. The molecule has 1 amide bonds. The second-order valence-electron chi connectivity index (χ2n) is 7.69. The average Bonchev–Trinajstić information content (AvgIpc) is 2.24. The molecule has 0 aliphatic rings. The van der Waals surface area contributed by atoms with E-state index in [0.717, 1.165) is 6.54 Å². The summed E-state index contributed by atoms with van der Waals surface area (Å²) in [6, 6.07) is -0.240. The van der Waals surface area contributed by atoms with Gasteiger partial charge in [0.05, 0.1) is 12.1 Å². The van der Waals surface area contributed by atoms with Crippen LogP contribution in [-0.2, 0) is 4.43 Å². The molecule has 0 bridgehead atoms. The first-order valence-electron chi connectivity index (χ1n) is 7.75. The zero-order valence-corrected chi connectivity index (χ0v) is 15.9. The Labute approximate surface area is 131 Å². The molecule has 0 radical (unpaired) electrons. The van der Waals surface area contributed by atoms with Gasteiger partial charge in [0.1, 0.15) is 0 Å². The zero-order chi connectivity index (χ0) is 16.8. The molecule has 21 heavy (non-hydrogen) atoms. The molecule has 0 aromatic heterocycles. The Morgan fingerprint density at radius 1 is 1.19 bits per heavy atom. The predicted molar refractivity (Wildman–Crippen MR) is 90.4 cm³/mol. The van der Waals surface area contributed by atoms with Gasteiger partial charge in [-0.25, -0.2) is 4.79 Å². The van der Waals surface area contributed by atoms with E-state index in [4.69, 9.17) is 9.53 Å². The zero-order valence-electron chi connectivity index (χ0n) is 14.9. The summed E-state index contributed by atoms with van der Waals surface area (Å²) in [5, 5.41) is 15.0. The summed E-state index contributed by atoms with van der Waals surface area (Å²) in [6.45, 7) is 18.6. The van der Waals surface area contributed by atoms with Crippen LogP contribution in [-0.4, -0.2) is 44.8 Å². The van der Waals surface area contributed by atoms with Crippen molar-refractivity contribution in [2.75, 3.05) is 13.1 Å². The van der Waals surface area contributed by atoms with E-state index in [1.807, 2.05) is 6.92 Å². The minimum absolute atomic E-state index is 0.112. The molecule has 0 saturated carbocycles. The number of nitrogens with one attached hydrogen (secondary N) is 2. The second kappa shape index (κ2) is 8.15. The first-order chi connectivity index (χ1) is 9.36. The van der Waals surface area contributed by atoms with Gasteiger partial charge in [-0.1, -0.05) is 34.6 Å². The summed E-state index contributed by atoms with van der Waals surface area (Å²) in [5.41, 5.74) is 0. The molecule has 0 fully saturated rings. The normalized spacial score (nSPS) is 15.9. The van der Waals surface area contributed by atoms with Gasteiger partial charge in [0.25, 0.3) is 0 Å². The molecule has 126 valence electrons. The van der Waals surface area contributed by atoms with Crippen molar-refractivity contribution in [2.24, 2.45) is 5.92 Å². The van der Waals surface area contributed by atoms with Gasteiger partial charge >= 0.3 is 6.09 Å². The van der Waals surface area contributed by atoms with Crippen molar-refractivity contribution in [2.45, 2.75) is 71.8 Å². The molecule has 0 unspecified atom stereocenters.